The Labute approximate surface area is 196 Å². The number of anilines is 1. The van der Waals surface area contributed by atoms with Crippen LogP contribution >= 0.6 is 23.2 Å². The van der Waals surface area contributed by atoms with Crippen molar-refractivity contribution in [3.8, 4) is 23.0 Å². The van der Waals surface area contributed by atoms with E-state index in [1.54, 1.807) is 6.92 Å². The zero-order chi connectivity index (χ0) is 23.7. The van der Waals surface area contributed by atoms with Gasteiger partial charge in [-0.25, -0.2) is 4.79 Å². The van der Waals surface area contributed by atoms with Crippen molar-refractivity contribution in [2.45, 2.75) is 20.3 Å². The zero-order valence-corrected chi connectivity index (χ0v) is 19.8. The van der Waals surface area contributed by atoms with Crippen molar-refractivity contribution in [2.75, 3.05) is 39.4 Å². The van der Waals surface area contributed by atoms with Crippen LogP contribution in [0.4, 0.5) is 5.69 Å². The molecule has 0 atom stereocenters. The molecule has 8 nitrogen and oxygen atoms in total. The topological polar surface area (TPSA) is 92.3 Å². The second-order valence-electron chi connectivity index (χ2n) is 6.38. The zero-order valence-electron chi connectivity index (χ0n) is 18.3. The molecule has 0 saturated carbocycles. The Morgan fingerprint density at radius 3 is 2.25 bits per heavy atom. The number of carbonyl (C=O) groups excluding carboxylic acids is 2. The molecule has 2 aromatic rings. The fraction of sp³-hybridized carbons (Fsp3) is 0.364. The largest absolute Gasteiger partial charge is 0.495 e. The third-order valence-electron chi connectivity index (χ3n) is 4.08. The first-order chi connectivity index (χ1) is 15.3. The summed E-state index contributed by atoms with van der Waals surface area (Å²) in [5.74, 6) is 0.0697. The molecule has 0 unspecified atom stereocenters. The molecule has 0 radical (unpaired) electrons. The molecule has 32 heavy (non-hydrogen) atoms. The smallest absolute Gasteiger partial charge is 0.338 e. The molecule has 2 rings (SSSR count). The van der Waals surface area contributed by atoms with Crippen LogP contribution in [-0.4, -0.2) is 45.9 Å². The fourth-order valence-electron chi connectivity index (χ4n) is 2.65. The Hall–Kier alpha value is -2.84. The number of halogens is 2. The van der Waals surface area contributed by atoms with E-state index in [1.165, 1.54) is 38.5 Å². The number of carbonyl (C=O) groups is 2. The normalized spacial score (nSPS) is 10.3. The molecular weight excluding hydrogens is 461 g/mol. The lowest BCUT2D eigenvalue weighted by Crippen LogP contribution is -2.21. The molecule has 0 aromatic heterocycles. The van der Waals surface area contributed by atoms with Crippen molar-refractivity contribution in [3.05, 3.63) is 39.9 Å². The van der Waals surface area contributed by atoms with Crippen molar-refractivity contribution >= 4 is 40.8 Å². The van der Waals surface area contributed by atoms with Gasteiger partial charge in [-0.15, -0.1) is 0 Å². The molecule has 174 valence electrons. The third kappa shape index (κ3) is 6.58. The van der Waals surface area contributed by atoms with Crippen molar-refractivity contribution in [1.82, 2.24) is 0 Å². The summed E-state index contributed by atoms with van der Waals surface area (Å²) in [5, 5.41) is 3.07. The highest BCUT2D eigenvalue weighted by Crippen LogP contribution is 2.37. The van der Waals surface area contributed by atoms with Crippen molar-refractivity contribution in [3.63, 3.8) is 0 Å². The van der Waals surface area contributed by atoms with Crippen LogP contribution in [0.1, 0.15) is 30.6 Å². The minimum Gasteiger partial charge on any atom is -0.495 e. The Kier molecular flexibility index (Phi) is 9.74. The lowest BCUT2D eigenvalue weighted by atomic mass is 10.2. The van der Waals surface area contributed by atoms with Gasteiger partial charge in [0.25, 0.3) is 5.91 Å². The maximum Gasteiger partial charge on any atom is 0.338 e. The van der Waals surface area contributed by atoms with Gasteiger partial charge in [0.1, 0.15) is 11.5 Å². The van der Waals surface area contributed by atoms with E-state index in [-0.39, 0.29) is 15.6 Å². The lowest BCUT2D eigenvalue weighted by molar-refractivity contribution is -0.119. The summed E-state index contributed by atoms with van der Waals surface area (Å²) in [6, 6.07) is 5.87. The molecule has 1 amide bonds. The third-order valence-corrected chi connectivity index (χ3v) is 4.65. The van der Waals surface area contributed by atoms with E-state index < -0.39 is 18.5 Å². The van der Waals surface area contributed by atoms with Gasteiger partial charge in [0.15, 0.2) is 18.1 Å². The highest BCUT2D eigenvalue weighted by molar-refractivity contribution is 6.33. The Morgan fingerprint density at radius 1 is 0.906 bits per heavy atom. The average molecular weight is 486 g/mol. The van der Waals surface area contributed by atoms with Gasteiger partial charge in [-0.1, -0.05) is 30.1 Å². The van der Waals surface area contributed by atoms with E-state index in [0.717, 1.165) is 6.42 Å². The predicted octanol–water partition coefficient (Wildman–Crippen LogP) is 4.99. The summed E-state index contributed by atoms with van der Waals surface area (Å²) in [6.07, 6.45) is 0.783. The second kappa shape index (κ2) is 12.3. The maximum atomic E-state index is 12.5. The Balaban J connectivity index is 2.09. The van der Waals surface area contributed by atoms with Gasteiger partial charge < -0.3 is 29.0 Å². The first-order valence-electron chi connectivity index (χ1n) is 9.82. The van der Waals surface area contributed by atoms with E-state index in [0.29, 0.717) is 41.9 Å². The van der Waals surface area contributed by atoms with Crippen LogP contribution in [0.5, 0.6) is 23.0 Å². The van der Waals surface area contributed by atoms with Crippen LogP contribution in [0.2, 0.25) is 10.0 Å². The van der Waals surface area contributed by atoms with E-state index in [4.69, 9.17) is 46.9 Å². The van der Waals surface area contributed by atoms with Crippen LogP contribution in [0.25, 0.3) is 0 Å². The molecule has 0 heterocycles. The van der Waals surface area contributed by atoms with Gasteiger partial charge in [0.05, 0.1) is 48.7 Å². The van der Waals surface area contributed by atoms with Crippen molar-refractivity contribution in [2.24, 2.45) is 0 Å². The molecule has 10 heteroatoms. The van der Waals surface area contributed by atoms with Gasteiger partial charge in [-0.3, -0.25) is 4.79 Å². The van der Waals surface area contributed by atoms with E-state index >= 15 is 0 Å². The van der Waals surface area contributed by atoms with Crippen LogP contribution in [0.15, 0.2) is 24.3 Å². The van der Waals surface area contributed by atoms with Crippen LogP contribution in [0, 0.1) is 0 Å². The minimum atomic E-state index is -0.746. The quantitative estimate of drug-likeness (QED) is 0.447. The number of rotatable bonds is 11. The summed E-state index contributed by atoms with van der Waals surface area (Å²) in [7, 11) is 2.90. The summed E-state index contributed by atoms with van der Waals surface area (Å²) >= 11 is 12.4. The molecular formula is C22H25Cl2NO7. The monoisotopic (exact) mass is 485 g/mol. The molecule has 0 spiro atoms. The number of hydrogen-bond donors (Lipinski definition) is 1. The highest BCUT2D eigenvalue weighted by atomic mass is 35.5. The van der Waals surface area contributed by atoms with Crippen molar-refractivity contribution < 1.29 is 33.3 Å². The number of benzene rings is 2. The lowest BCUT2D eigenvalue weighted by Gasteiger charge is -2.15. The minimum absolute atomic E-state index is 0.125. The van der Waals surface area contributed by atoms with Gasteiger partial charge >= 0.3 is 5.97 Å². The van der Waals surface area contributed by atoms with E-state index in [9.17, 15) is 9.59 Å². The average Bonchev–Trinajstić information content (AvgIpc) is 2.77. The fourth-order valence-corrected chi connectivity index (χ4v) is 3.16. The first-order valence-corrected chi connectivity index (χ1v) is 10.6. The second-order valence-corrected chi connectivity index (χ2v) is 7.19. The molecule has 0 saturated heterocycles. The molecule has 2 aromatic carbocycles. The number of methoxy groups -OCH3 is 2. The molecule has 0 aliphatic carbocycles. The first kappa shape index (κ1) is 25.4. The molecule has 1 N–H and O–H groups in total. The summed E-state index contributed by atoms with van der Waals surface area (Å²) < 4.78 is 26.6. The summed E-state index contributed by atoms with van der Waals surface area (Å²) in [6.45, 7) is 4.02. The van der Waals surface area contributed by atoms with Gasteiger partial charge in [0.2, 0.25) is 0 Å². The standard InChI is InChI=1S/C22H25Cl2NO7/c1-5-7-31-21-15(24)8-13(9-19(21)30-6-2)22(27)32-12-20(26)25-16-10-14(23)17(28-3)11-18(16)29-4/h8-11H,5-7,12H2,1-4H3,(H,25,26). The number of ether oxygens (including phenoxy) is 5. The Morgan fingerprint density at radius 2 is 1.62 bits per heavy atom. The number of amides is 1. The number of hydrogen-bond acceptors (Lipinski definition) is 7. The van der Waals surface area contributed by atoms with Gasteiger partial charge in [-0.05, 0) is 31.5 Å². The molecule has 0 bridgehead atoms. The number of esters is 1. The molecule has 0 aliphatic rings. The summed E-state index contributed by atoms with van der Waals surface area (Å²) in [5.41, 5.74) is 0.429. The molecule has 0 fully saturated rings. The highest BCUT2D eigenvalue weighted by Gasteiger charge is 2.19. The van der Waals surface area contributed by atoms with Crippen LogP contribution in [0.3, 0.4) is 0 Å². The molecule has 0 aliphatic heterocycles. The summed E-state index contributed by atoms with van der Waals surface area (Å²) in [4.78, 5) is 24.8. The van der Waals surface area contributed by atoms with Crippen LogP contribution in [-0.2, 0) is 9.53 Å². The van der Waals surface area contributed by atoms with Crippen molar-refractivity contribution in [1.29, 1.82) is 0 Å². The van der Waals surface area contributed by atoms with Crippen LogP contribution < -0.4 is 24.3 Å². The predicted molar refractivity (Wildman–Crippen MR) is 122 cm³/mol. The van der Waals surface area contributed by atoms with E-state index in [1.807, 2.05) is 6.92 Å². The van der Waals surface area contributed by atoms with Gasteiger partial charge in [0, 0.05) is 6.07 Å². The van der Waals surface area contributed by atoms with Gasteiger partial charge in [-0.2, -0.15) is 0 Å². The van der Waals surface area contributed by atoms with E-state index in [2.05, 4.69) is 5.32 Å². The number of nitrogens with one attached hydrogen (secondary N) is 1. The maximum absolute atomic E-state index is 12.5. The SMILES string of the molecule is CCCOc1c(Cl)cc(C(=O)OCC(=O)Nc2cc(Cl)c(OC)cc2OC)cc1OCC. The Bertz CT molecular complexity index is 966.